The van der Waals surface area contributed by atoms with Crippen LogP contribution in [-0.2, 0) is 4.79 Å². The molecule has 0 aliphatic carbocycles. The van der Waals surface area contributed by atoms with Gasteiger partial charge in [0.1, 0.15) is 0 Å². The van der Waals surface area contributed by atoms with Gasteiger partial charge in [0.2, 0.25) is 5.91 Å². The van der Waals surface area contributed by atoms with Gasteiger partial charge in [0, 0.05) is 22.7 Å². The van der Waals surface area contributed by atoms with Gasteiger partial charge in [-0.2, -0.15) is 0 Å². The third-order valence-corrected chi connectivity index (χ3v) is 4.16. The van der Waals surface area contributed by atoms with E-state index >= 15 is 0 Å². The lowest BCUT2D eigenvalue weighted by molar-refractivity contribution is -0.120. The molecule has 4 nitrogen and oxygen atoms in total. The lowest BCUT2D eigenvalue weighted by Crippen LogP contribution is -2.34. The van der Waals surface area contributed by atoms with Crippen LogP contribution in [0.5, 0.6) is 0 Å². The fraction of sp³-hybridized carbons (Fsp3) is 0.263. The van der Waals surface area contributed by atoms with Crippen LogP contribution in [-0.4, -0.2) is 24.8 Å². The Kier molecular flexibility index (Phi) is 4.83. The van der Waals surface area contributed by atoms with Gasteiger partial charge in [-0.3, -0.25) is 9.59 Å². The number of benzene rings is 2. The van der Waals surface area contributed by atoms with E-state index in [1.54, 1.807) is 36.4 Å². The predicted molar refractivity (Wildman–Crippen MR) is 90.5 cm³/mol. The maximum atomic E-state index is 12.3. The third-order valence-electron chi connectivity index (χ3n) is 4.16. The second-order valence-electron chi connectivity index (χ2n) is 5.79. The van der Waals surface area contributed by atoms with E-state index in [-0.39, 0.29) is 17.6 Å². The second-order valence-corrected chi connectivity index (χ2v) is 5.79. The highest BCUT2D eigenvalue weighted by atomic mass is 16.2. The molecule has 0 spiro atoms. The Labute approximate surface area is 135 Å². The van der Waals surface area contributed by atoms with Crippen molar-refractivity contribution in [1.82, 2.24) is 5.32 Å². The average Bonchev–Trinajstić information content (AvgIpc) is 2.63. The van der Waals surface area contributed by atoms with Crippen LogP contribution in [0.25, 0.3) is 0 Å². The SMILES string of the molecule is O=C(c1ccccc1)c1ccc(NC(=O)C2CCNCC2)cc1. The smallest absolute Gasteiger partial charge is 0.227 e. The van der Waals surface area contributed by atoms with Crippen LogP contribution in [0.3, 0.4) is 0 Å². The van der Waals surface area contributed by atoms with Crippen molar-refractivity contribution in [2.45, 2.75) is 12.8 Å². The summed E-state index contributed by atoms with van der Waals surface area (Å²) in [6.07, 6.45) is 1.74. The molecule has 0 radical (unpaired) electrons. The van der Waals surface area contributed by atoms with Crippen molar-refractivity contribution in [1.29, 1.82) is 0 Å². The summed E-state index contributed by atoms with van der Waals surface area (Å²) in [6.45, 7) is 1.78. The van der Waals surface area contributed by atoms with Gasteiger partial charge in [-0.15, -0.1) is 0 Å². The number of anilines is 1. The van der Waals surface area contributed by atoms with E-state index in [9.17, 15) is 9.59 Å². The van der Waals surface area contributed by atoms with Gasteiger partial charge in [0.15, 0.2) is 5.78 Å². The van der Waals surface area contributed by atoms with Crippen LogP contribution in [0.4, 0.5) is 5.69 Å². The van der Waals surface area contributed by atoms with Crippen LogP contribution in [0, 0.1) is 5.92 Å². The summed E-state index contributed by atoms with van der Waals surface area (Å²) in [5.74, 6) is 0.123. The Morgan fingerprint density at radius 2 is 1.48 bits per heavy atom. The molecule has 0 atom stereocenters. The molecule has 1 amide bonds. The van der Waals surface area contributed by atoms with E-state index in [0.29, 0.717) is 11.1 Å². The first kappa shape index (κ1) is 15.4. The first-order valence-corrected chi connectivity index (χ1v) is 7.95. The zero-order valence-electron chi connectivity index (χ0n) is 12.9. The average molecular weight is 308 g/mol. The van der Waals surface area contributed by atoms with Crippen LogP contribution >= 0.6 is 0 Å². The normalized spacial score (nSPS) is 15.1. The molecular formula is C19H20N2O2. The monoisotopic (exact) mass is 308 g/mol. The summed E-state index contributed by atoms with van der Waals surface area (Å²) in [6, 6.07) is 16.3. The highest BCUT2D eigenvalue weighted by molar-refractivity contribution is 6.09. The number of rotatable bonds is 4. The van der Waals surface area contributed by atoms with Crippen molar-refractivity contribution in [3.8, 4) is 0 Å². The van der Waals surface area contributed by atoms with Gasteiger partial charge < -0.3 is 10.6 Å². The highest BCUT2D eigenvalue weighted by Gasteiger charge is 2.20. The van der Waals surface area contributed by atoms with Crippen molar-refractivity contribution < 1.29 is 9.59 Å². The summed E-state index contributed by atoms with van der Waals surface area (Å²) in [5.41, 5.74) is 2.02. The first-order chi connectivity index (χ1) is 11.2. The summed E-state index contributed by atoms with van der Waals surface area (Å²) >= 11 is 0. The molecule has 1 saturated heterocycles. The second kappa shape index (κ2) is 7.20. The van der Waals surface area contributed by atoms with Crippen LogP contribution in [0.15, 0.2) is 54.6 Å². The van der Waals surface area contributed by atoms with Gasteiger partial charge in [0.25, 0.3) is 0 Å². The number of hydrogen-bond acceptors (Lipinski definition) is 3. The van der Waals surface area contributed by atoms with E-state index in [1.165, 1.54) is 0 Å². The Balaban J connectivity index is 1.65. The number of carbonyl (C=O) groups is 2. The Hall–Kier alpha value is -2.46. The number of ketones is 1. The molecule has 0 aromatic heterocycles. The number of nitrogens with one attached hydrogen (secondary N) is 2. The van der Waals surface area contributed by atoms with E-state index in [4.69, 9.17) is 0 Å². The minimum Gasteiger partial charge on any atom is -0.326 e. The van der Waals surface area contributed by atoms with Crippen molar-refractivity contribution in [3.63, 3.8) is 0 Å². The highest BCUT2D eigenvalue weighted by Crippen LogP contribution is 2.17. The number of piperidine rings is 1. The molecule has 3 rings (SSSR count). The molecule has 1 aliphatic rings. The molecule has 0 bridgehead atoms. The van der Waals surface area contributed by atoms with Crippen LogP contribution in [0.1, 0.15) is 28.8 Å². The molecular weight excluding hydrogens is 288 g/mol. The van der Waals surface area contributed by atoms with E-state index in [1.807, 2.05) is 18.2 Å². The lowest BCUT2D eigenvalue weighted by atomic mass is 9.97. The fourth-order valence-electron chi connectivity index (χ4n) is 2.79. The van der Waals surface area contributed by atoms with Crippen molar-refractivity contribution in [3.05, 3.63) is 65.7 Å². The lowest BCUT2D eigenvalue weighted by Gasteiger charge is -2.21. The molecule has 2 aromatic carbocycles. The minimum atomic E-state index is -0.0122. The summed E-state index contributed by atoms with van der Waals surface area (Å²) in [7, 11) is 0. The van der Waals surface area contributed by atoms with Crippen molar-refractivity contribution >= 4 is 17.4 Å². The van der Waals surface area contributed by atoms with Crippen molar-refractivity contribution in [2.24, 2.45) is 5.92 Å². The standard InChI is InChI=1S/C19H20N2O2/c22-18(14-4-2-1-3-5-14)15-6-8-17(9-7-15)21-19(23)16-10-12-20-13-11-16/h1-9,16,20H,10-13H2,(H,21,23). The topological polar surface area (TPSA) is 58.2 Å². The zero-order valence-corrected chi connectivity index (χ0v) is 12.9. The summed E-state index contributed by atoms with van der Waals surface area (Å²) < 4.78 is 0. The zero-order chi connectivity index (χ0) is 16.1. The summed E-state index contributed by atoms with van der Waals surface area (Å²) in [5, 5.41) is 6.19. The Bertz CT molecular complexity index is 674. The third kappa shape index (κ3) is 3.85. The maximum Gasteiger partial charge on any atom is 0.227 e. The molecule has 0 saturated carbocycles. The molecule has 4 heteroatoms. The van der Waals surface area contributed by atoms with Crippen molar-refractivity contribution in [2.75, 3.05) is 18.4 Å². The van der Waals surface area contributed by atoms with Crippen LogP contribution in [0.2, 0.25) is 0 Å². The molecule has 0 unspecified atom stereocenters. The molecule has 2 N–H and O–H groups in total. The largest absolute Gasteiger partial charge is 0.326 e. The van der Waals surface area contributed by atoms with E-state index in [2.05, 4.69) is 10.6 Å². The molecule has 118 valence electrons. The van der Waals surface area contributed by atoms with E-state index in [0.717, 1.165) is 31.6 Å². The number of hydrogen-bond donors (Lipinski definition) is 2. The Morgan fingerprint density at radius 1 is 0.870 bits per heavy atom. The molecule has 1 heterocycles. The fourth-order valence-corrected chi connectivity index (χ4v) is 2.79. The maximum absolute atomic E-state index is 12.3. The molecule has 2 aromatic rings. The van der Waals surface area contributed by atoms with Gasteiger partial charge in [-0.05, 0) is 50.2 Å². The predicted octanol–water partition coefficient (Wildman–Crippen LogP) is 2.86. The summed E-state index contributed by atoms with van der Waals surface area (Å²) in [4.78, 5) is 24.5. The number of carbonyl (C=O) groups excluding carboxylic acids is 2. The van der Waals surface area contributed by atoms with Gasteiger partial charge in [-0.25, -0.2) is 0 Å². The Morgan fingerprint density at radius 3 is 2.13 bits per heavy atom. The molecule has 23 heavy (non-hydrogen) atoms. The number of amides is 1. The molecule has 1 aliphatic heterocycles. The van der Waals surface area contributed by atoms with Crippen LogP contribution < -0.4 is 10.6 Å². The van der Waals surface area contributed by atoms with Gasteiger partial charge in [-0.1, -0.05) is 30.3 Å². The van der Waals surface area contributed by atoms with Gasteiger partial charge >= 0.3 is 0 Å². The minimum absolute atomic E-state index is 0.0122. The molecule has 1 fully saturated rings. The van der Waals surface area contributed by atoms with E-state index < -0.39 is 0 Å². The van der Waals surface area contributed by atoms with Gasteiger partial charge in [0.05, 0.1) is 0 Å². The first-order valence-electron chi connectivity index (χ1n) is 7.95. The quantitative estimate of drug-likeness (QED) is 0.854.